The lowest BCUT2D eigenvalue weighted by molar-refractivity contribution is -0.460. The molecule has 0 aliphatic carbocycles. The first-order valence-electron chi connectivity index (χ1n) is 2.87. The van der Waals surface area contributed by atoms with Crippen LogP contribution in [0.1, 0.15) is 6.92 Å². The van der Waals surface area contributed by atoms with E-state index < -0.39 is 24.1 Å². The van der Waals surface area contributed by atoms with Gasteiger partial charge in [0.1, 0.15) is 12.0 Å². The molecule has 0 aliphatic heterocycles. The van der Waals surface area contributed by atoms with Crippen molar-refractivity contribution in [3.8, 4) is 0 Å². The Labute approximate surface area is 61.0 Å². The van der Waals surface area contributed by atoms with Crippen molar-refractivity contribution >= 4 is 5.97 Å². The Morgan fingerprint density at radius 3 is 2.00 bits per heavy atom. The zero-order chi connectivity index (χ0) is 9.23. The summed E-state index contributed by atoms with van der Waals surface area (Å²) in [5.74, 6) is -3.75. The van der Waals surface area contributed by atoms with Crippen LogP contribution in [0.3, 0.4) is 0 Å². The quantitative estimate of drug-likeness (QED) is 0.552. The van der Waals surface area contributed by atoms with E-state index in [9.17, 15) is 23.1 Å². The van der Waals surface area contributed by atoms with Crippen molar-refractivity contribution in [1.29, 1.82) is 0 Å². The molecule has 0 amide bonds. The van der Waals surface area contributed by atoms with Crippen LogP contribution in [0.25, 0.3) is 0 Å². The standard InChI is InChI=1S/C5H8F3NO2/c1-2(5(6,7)8)3(9)4(10)11/h2-3H,9H2,1H3,(H,10,11)/t2-,3-/m0/s1. The van der Waals surface area contributed by atoms with Crippen molar-refractivity contribution in [2.75, 3.05) is 0 Å². The van der Waals surface area contributed by atoms with Crippen LogP contribution in [0, 0.1) is 5.92 Å². The summed E-state index contributed by atoms with van der Waals surface area (Å²) in [5, 5.41) is 9.91. The maximum absolute atomic E-state index is 11.7. The highest BCUT2D eigenvalue weighted by molar-refractivity contribution is 5.69. The van der Waals surface area contributed by atoms with Crippen LogP contribution in [0.5, 0.6) is 0 Å². The zero-order valence-corrected chi connectivity index (χ0v) is 5.81. The molecule has 0 spiro atoms. The van der Waals surface area contributed by atoms with Gasteiger partial charge in [0, 0.05) is 0 Å². The number of aliphatic carboxylic acids is 1. The molecule has 0 bridgehead atoms. The molecule has 0 aromatic heterocycles. The van der Waals surface area contributed by atoms with Gasteiger partial charge in [-0.15, -0.1) is 0 Å². The summed E-state index contributed by atoms with van der Waals surface area (Å²) >= 11 is 0. The lowest BCUT2D eigenvalue weighted by atomic mass is 10.0. The Bertz CT molecular complexity index is 156. The zero-order valence-electron chi connectivity index (χ0n) is 5.81. The average molecular weight is 171 g/mol. The Morgan fingerprint density at radius 2 is 1.91 bits per heavy atom. The van der Waals surface area contributed by atoms with E-state index in [2.05, 4.69) is 5.73 Å². The predicted molar refractivity (Wildman–Crippen MR) is 26.9 cm³/mol. The van der Waals surface area contributed by atoms with Gasteiger partial charge in [-0.3, -0.25) is 0 Å². The van der Waals surface area contributed by atoms with Gasteiger partial charge < -0.3 is 15.6 Å². The highest BCUT2D eigenvalue weighted by atomic mass is 19.4. The van der Waals surface area contributed by atoms with Gasteiger partial charge in [0.05, 0.1) is 5.97 Å². The number of hydrogen-bond donors (Lipinski definition) is 1. The van der Waals surface area contributed by atoms with Gasteiger partial charge in [-0.25, -0.2) is 0 Å². The van der Waals surface area contributed by atoms with Gasteiger partial charge in [0.2, 0.25) is 0 Å². The van der Waals surface area contributed by atoms with Gasteiger partial charge in [-0.05, 0) is 6.92 Å². The van der Waals surface area contributed by atoms with E-state index in [0.717, 1.165) is 6.92 Å². The molecule has 0 saturated heterocycles. The third-order valence-electron chi connectivity index (χ3n) is 1.42. The summed E-state index contributed by atoms with van der Waals surface area (Å²) < 4.78 is 35.2. The molecule has 0 aromatic rings. The number of carbonyl (C=O) groups excluding carboxylic acids is 1. The Kier molecular flexibility index (Phi) is 2.86. The first-order valence-corrected chi connectivity index (χ1v) is 2.87. The van der Waals surface area contributed by atoms with Crippen molar-refractivity contribution in [2.24, 2.45) is 5.92 Å². The van der Waals surface area contributed by atoms with E-state index in [1.165, 1.54) is 0 Å². The molecule has 0 fully saturated rings. The number of carbonyl (C=O) groups is 1. The fourth-order valence-corrected chi connectivity index (χ4v) is 0.432. The SMILES string of the molecule is C[C@@H]([C@H]([NH3+])C(=O)[O-])C(F)(F)F. The van der Waals surface area contributed by atoms with E-state index in [1.807, 2.05) is 0 Å². The first kappa shape index (κ1) is 10.2. The van der Waals surface area contributed by atoms with Crippen LogP contribution >= 0.6 is 0 Å². The summed E-state index contributed by atoms with van der Waals surface area (Å²) in [6.07, 6.45) is -4.52. The largest absolute Gasteiger partial charge is 0.544 e. The molecule has 6 heteroatoms. The molecule has 3 N–H and O–H groups in total. The lowest BCUT2D eigenvalue weighted by Crippen LogP contribution is -2.72. The smallest absolute Gasteiger partial charge is 0.397 e. The van der Waals surface area contributed by atoms with Gasteiger partial charge >= 0.3 is 6.18 Å². The first-order chi connectivity index (χ1) is 4.76. The Balaban J connectivity index is 4.25. The van der Waals surface area contributed by atoms with Crippen LogP contribution < -0.4 is 10.8 Å². The second kappa shape index (κ2) is 3.08. The number of halogens is 3. The highest BCUT2D eigenvalue weighted by Gasteiger charge is 2.42. The molecular formula is C5H8F3NO2. The van der Waals surface area contributed by atoms with Crippen molar-refractivity contribution in [1.82, 2.24) is 0 Å². The molecule has 0 rings (SSSR count). The van der Waals surface area contributed by atoms with E-state index >= 15 is 0 Å². The van der Waals surface area contributed by atoms with Gasteiger partial charge in [-0.2, -0.15) is 13.2 Å². The Hall–Kier alpha value is -0.780. The van der Waals surface area contributed by atoms with E-state index in [1.54, 1.807) is 0 Å². The number of rotatable bonds is 2. The summed E-state index contributed by atoms with van der Waals surface area (Å²) in [6.45, 7) is 0.757. The topological polar surface area (TPSA) is 67.8 Å². The Morgan fingerprint density at radius 1 is 1.55 bits per heavy atom. The van der Waals surface area contributed by atoms with E-state index in [-0.39, 0.29) is 0 Å². The minimum atomic E-state index is -4.52. The summed E-state index contributed by atoms with van der Waals surface area (Å²) in [5.41, 5.74) is 2.82. The average Bonchev–Trinajstić information content (AvgIpc) is 1.82. The van der Waals surface area contributed by atoms with Crippen LogP contribution in [0.2, 0.25) is 0 Å². The number of hydrogen-bond acceptors (Lipinski definition) is 2. The maximum atomic E-state index is 11.7. The molecule has 66 valence electrons. The van der Waals surface area contributed by atoms with Gasteiger partial charge in [0.15, 0.2) is 0 Å². The van der Waals surface area contributed by atoms with Crippen molar-refractivity contribution in [3.05, 3.63) is 0 Å². The van der Waals surface area contributed by atoms with Crippen LogP contribution in [-0.4, -0.2) is 18.2 Å². The molecule has 0 heterocycles. The molecular weight excluding hydrogens is 163 g/mol. The summed E-state index contributed by atoms with van der Waals surface area (Å²) in [7, 11) is 0. The van der Waals surface area contributed by atoms with Crippen molar-refractivity contribution in [2.45, 2.75) is 19.1 Å². The minimum absolute atomic E-state index is 0.757. The third kappa shape index (κ3) is 2.75. The predicted octanol–water partition coefficient (Wildman–Crippen LogP) is -1.45. The van der Waals surface area contributed by atoms with Crippen molar-refractivity contribution in [3.63, 3.8) is 0 Å². The second-order valence-electron chi connectivity index (χ2n) is 2.26. The van der Waals surface area contributed by atoms with Crippen LogP contribution in [-0.2, 0) is 4.79 Å². The van der Waals surface area contributed by atoms with Crippen LogP contribution in [0.15, 0.2) is 0 Å². The van der Waals surface area contributed by atoms with Gasteiger partial charge in [-0.1, -0.05) is 0 Å². The fourth-order valence-electron chi connectivity index (χ4n) is 0.432. The maximum Gasteiger partial charge on any atom is 0.397 e. The molecule has 11 heavy (non-hydrogen) atoms. The molecule has 0 aromatic carbocycles. The van der Waals surface area contributed by atoms with E-state index in [4.69, 9.17) is 0 Å². The molecule has 0 unspecified atom stereocenters. The summed E-state index contributed by atoms with van der Waals surface area (Å²) in [4.78, 5) is 9.91. The number of quaternary nitrogens is 1. The normalized spacial score (nSPS) is 17.5. The van der Waals surface area contributed by atoms with E-state index in [0.29, 0.717) is 0 Å². The monoisotopic (exact) mass is 171 g/mol. The number of alkyl halides is 3. The minimum Gasteiger partial charge on any atom is -0.544 e. The number of carboxylic acids is 1. The molecule has 2 atom stereocenters. The fraction of sp³-hybridized carbons (Fsp3) is 0.800. The second-order valence-corrected chi connectivity index (χ2v) is 2.26. The molecule has 0 radical (unpaired) electrons. The third-order valence-corrected chi connectivity index (χ3v) is 1.42. The van der Waals surface area contributed by atoms with Crippen LogP contribution in [0.4, 0.5) is 13.2 Å². The highest BCUT2D eigenvalue weighted by Crippen LogP contribution is 2.26. The summed E-state index contributed by atoms with van der Waals surface area (Å²) in [6, 6.07) is -1.74. The van der Waals surface area contributed by atoms with Gasteiger partial charge in [0.25, 0.3) is 0 Å². The number of carboxylic acid groups (broad SMARTS) is 1. The lowest BCUT2D eigenvalue weighted by Gasteiger charge is -2.19. The molecule has 0 saturated carbocycles. The molecule has 3 nitrogen and oxygen atoms in total. The molecule has 0 aliphatic rings. The van der Waals surface area contributed by atoms with Crippen molar-refractivity contribution < 1.29 is 28.8 Å².